The first kappa shape index (κ1) is 19.9. The molecule has 21 heavy (non-hydrogen) atoms. The molecule has 0 saturated heterocycles. The molecular weight excluding hydrogens is 264 g/mol. The first-order valence-electron chi connectivity index (χ1n) is 8.14. The van der Waals surface area contributed by atoms with E-state index >= 15 is 0 Å². The minimum absolute atomic E-state index is 0.0186. The Hall–Kier alpha value is -1.06. The average molecular weight is 298 g/mol. The Morgan fingerprint density at radius 3 is 1.90 bits per heavy atom. The van der Waals surface area contributed by atoms with Gasteiger partial charge in [0.2, 0.25) is 11.8 Å². The minimum Gasteiger partial charge on any atom is -0.353 e. The molecule has 0 radical (unpaired) electrons. The zero-order valence-corrected chi connectivity index (χ0v) is 15.1. The minimum atomic E-state index is 0.0186. The Morgan fingerprint density at radius 2 is 1.48 bits per heavy atom. The quantitative estimate of drug-likeness (QED) is 0.748. The van der Waals surface area contributed by atoms with Crippen LogP contribution in [0.15, 0.2) is 0 Å². The third-order valence-electron chi connectivity index (χ3n) is 4.33. The second-order valence-electron chi connectivity index (χ2n) is 6.95. The first-order valence-corrected chi connectivity index (χ1v) is 8.14. The molecular formula is C17H34N2O2. The van der Waals surface area contributed by atoms with Gasteiger partial charge in [-0.25, -0.2) is 0 Å². The summed E-state index contributed by atoms with van der Waals surface area (Å²) in [6.45, 7) is 14.0. The molecule has 4 nitrogen and oxygen atoms in total. The number of carbonyl (C=O) groups excluding carboxylic acids is 2. The van der Waals surface area contributed by atoms with Crippen molar-refractivity contribution >= 4 is 11.8 Å². The van der Waals surface area contributed by atoms with Crippen LogP contribution in [0.25, 0.3) is 0 Å². The standard InChI is InChI=1S/C17H34N2O2/c1-11(2)16(20)18-14(6)10-9-13(5)15(7)17(21)19(8)12(3)4/h11-15H,9-10H2,1-8H3,(H,18,20)/t13?,14?,15-/m0/s1. The Labute approximate surface area is 130 Å². The van der Waals surface area contributed by atoms with Gasteiger partial charge in [-0.05, 0) is 39.5 Å². The summed E-state index contributed by atoms with van der Waals surface area (Å²) in [6.07, 6.45) is 1.85. The van der Waals surface area contributed by atoms with E-state index in [0.717, 1.165) is 12.8 Å². The molecule has 124 valence electrons. The summed E-state index contributed by atoms with van der Waals surface area (Å²) < 4.78 is 0. The lowest BCUT2D eigenvalue weighted by Gasteiger charge is -2.28. The SMILES string of the molecule is CC(CCC(C)[C@H](C)C(=O)N(C)C(C)C)NC(=O)C(C)C. The number of rotatable bonds is 8. The molecule has 0 aromatic heterocycles. The fraction of sp³-hybridized carbons (Fsp3) is 0.882. The van der Waals surface area contributed by atoms with E-state index in [1.807, 2.05) is 53.5 Å². The molecule has 0 rings (SSSR count). The van der Waals surface area contributed by atoms with E-state index in [0.29, 0.717) is 5.92 Å². The molecule has 0 bridgehead atoms. The van der Waals surface area contributed by atoms with E-state index in [1.165, 1.54) is 0 Å². The van der Waals surface area contributed by atoms with Gasteiger partial charge < -0.3 is 10.2 Å². The van der Waals surface area contributed by atoms with Crippen molar-refractivity contribution in [3.8, 4) is 0 Å². The van der Waals surface area contributed by atoms with Crippen molar-refractivity contribution in [2.45, 2.75) is 73.4 Å². The fourth-order valence-corrected chi connectivity index (χ4v) is 2.06. The van der Waals surface area contributed by atoms with Crippen LogP contribution in [0.4, 0.5) is 0 Å². The molecule has 2 unspecified atom stereocenters. The molecule has 0 spiro atoms. The van der Waals surface area contributed by atoms with Gasteiger partial charge in [0.05, 0.1) is 0 Å². The van der Waals surface area contributed by atoms with E-state index in [1.54, 1.807) is 0 Å². The molecule has 0 aliphatic heterocycles. The molecule has 0 aliphatic carbocycles. The lowest BCUT2D eigenvalue weighted by molar-refractivity contribution is -0.136. The highest BCUT2D eigenvalue weighted by Crippen LogP contribution is 2.20. The van der Waals surface area contributed by atoms with E-state index in [4.69, 9.17) is 0 Å². The fourth-order valence-electron chi connectivity index (χ4n) is 2.06. The van der Waals surface area contributed by atoms with Gasteiger partial charge in [-0.1, -0.05) is 27.7 Å². The highest BCUT2D eigenvalue weighted by Gasteiger charge is 2.25. The van der Waals surface area contributed by atoms with Crippen LogP contribution < -0.4 is 5.32 Å². The number of nitrogens with zero attached hydrogens (tertiary/aromatic N) is 1. The van der Waals surface area contributed by atoms with Crippen LogP contribution in [0.3, 0.4) is 0 Å². The van der Waals surface area contributed by atoms with Gasteiger partial charge in [0.15, 0.2) is 0 Å². The summed E-state index contributed by atoms with van der Waals surface area (Å²) in [5.74, 6) is 0.655. The molecule has 4 heteroatoms. The normalized spacial score (nSPS) is 15.7. The van der Waals surface area contributed by atoms with Crippen LogP contribution in [0.2, 0.25) is 0 Å². The topological polar surface area (TPSA) is 49.4 Å². The largest absolute Gasteiger partial charge is 0.353 e. The van der Waals surface area contributed by atoms with Crippen LogP contribution in [0, 0.1) is 17.8 Å². The molecule has 3 atom stereocenters. The highest BCUT2D eigenvalue weighted by atomic mass is 16.2. The molecule has 0 aromatic rings. The van der Waals surface area contributed by atoms with Gasteiger partial charge in [-0.3, -0.25) is 9.59 Å². The maximum Gasteiger partial charge on any atom is 0.225 e. The van der Waals surface area contributed by atoms with Gasteiger partial charge >= 0.3 is 0 Å². The van der Waals surface area contributed by atoms with Crippen LogP contribution in [-0.4, -0.2) is 35.8 Å². The lowest BCUT2D eigenvalue weighted by atomic mass is 9.89. The van der Waals surface area contributed by atoms with Gasteiger partial charge in [0, 0.05) is 31.0 Å². The van der Waals surface area contributed by atoms with Gasteiger partial charge in [-0.15, -0.1) is 0 Å². The van der Waals surface area contributed by atoms with Crippen molar-refractivity contribution in [2.75, 3.05) is 7.05 Å². The maximum absolute atomic E-state index is 12.3. The van der Waals surface area contributed by atoms with E-state index in [2.05, 4.69) is 12.2 Å². The summed E-state index contributed by atoms with van der Waals surface area (Å²) in [7, 11) is 1.86. The van der Waals surface area contributed by atoms with E-state index < -0.39 is 0 Å². The van der Waals surface area contributed by atoms with Gasteiger partial charge in [-0.2, -0.15) is 0 Å². The zero-order valence-electron chi connectivity index (χ0n) is 15.1. The highest BCUT2D eigenvalue weighted by molar-refractivity contribution is 5.79. The Morgan fingerprint density at radius 1 is 0.952 bits per heavy atom. The summed E-state index contributed by atoms with van der Waals surface area (Å²) in [6, 6.07) is 0.392. The summed E-state index contributed by atoms with van der Waals surface area (Å²) in [5.41, 5.74) is 0. The second kappa shape index (κ2) is 9.06. The number of hydrogen-bond donors (Lipinski definition) is 1. The number of nitrogens with one attached hydrogen (secondary N) is 1. The molecule has 2 amide bonds. The van der Waals surface area contributed by atoms with Crippen LogP contribution >= 0.6 is 0 Å². The molecule has 0 aromatic carbocycles. The van der Waals surface area contributed by atoms with E-state index in [9.17, 15) is 9.59 Å². The third kappa shape index (κ3) is 6.96. The number of carbonyl (C=O) groups is 2. The molecule has 0 aliphatic rings. The van der Waals surface area contributed by atoms with Crippen LogP contribution in [0.1, 0.15) is 61.3 Å². The van der Waals surface area contributed by atoms with Crippen molar-refractivity contribution in [3.05, 3.63) is 0 Å². The van der Waals surface area contributed by atoms with Crippen molar-refractivity contribution in [1.82, 2.24) is 10.2 Å². The van der Waals surface area contributed by atoms with Crippen molar-refractivity contribution in [3.63, 3.8) is 0 Å². The Kier molecular flexibility index (Phi) is 8.60. The van der Waals surface area contributed by atoms with Crippen molar-refractivity contribution in [1.29, 1.82) is 0 Å². The Bertz CT molecular complexity index is 340. The summed E-state index contributed by atoms with van der Waals surface area (Å²) in [5, 5.41) is 3.01. The van der Waals surface area contributed by atoms with Crippen molar-refractivity contribution < 1.29 is 9.59 Å². The van der Waals surface area contributed by atoms with Gasteiger partial charge in [0.1, 0.15) is 0 Å². The smallest absolute Gasteiger partial charge is 0.225 e. The molecule has 1 N–H and O–H groups in total. The van der Waals surface area contributed by atoms with Gasteiger partial charge in [0.25, 0.3) is 0 Å². The Balaban J connectivity index is 4.27. The lowest BCUT2D eigenvalue weighted by Crippen LogP contribution is -2.39. The monoisotopic (exact) mass is 298 g/mol. The number of amides is 2. The van der Waals surface area contributed by atoms with Crippen LogP contribution in [0.5, 0.6) is 0 Å². The molecule has 0 heterocycles. The predicted octanol–water partition coefficient (Wildman–Crippen LogP) is 3.07. The maximum atomic E-state index is 12.3. The van der Waals surface area contributed by atoms with Crippen LogP contribution in [-0.2, 0) is 9.59 Å². The van der Waals surface area contributed by atoms with E-state index in [-0.39, 0.29) is 35.7 Å². The zero-order chi connectivity index (χ0) is 16.7. The average Bonchev–Trinajstić information content (AvgIpc) is 2.41. The molecule has 0 fully saturated rings. The second-order valence-corrected chi connectivity index (χ2v) is 6.95. The third-order valence-corrected chi connectivity index (χ3v) is 4.33. The first-order chi connectivity index (χ1) is 9.57. The van der Waals surface area contributed by atoms with Crippen molar-refractivity contribution in [2.24, 2.45) is 17.8 Å². The summed E-state index contributed by atoms with van der Waals surface area (Å²) in [4.78, 5) is 25.7. The predicted molar refractivity (Wildman–Crippen MR) is 87.9 cm³/mol. The summed E-state index contributed by atoms with van der Waals surface area (Å²) >= 11 is 0. The molecule has 0 saturated carbocycles. The number of hydrogen-bond acceptors (Lipinski definition) is 2.